The minimum absolute atomic E-state index is 0.0840. The molecule has 0 aromatic heterocycles. The van der Waals surface area contributed by atoms with E-state index < -0.39 is 17.9 Å². The molecule has 2 aliphatic heterocycles. The molecule has 0 saturated carbocycles. The molecule has 0 aliphatic carbocycles. The normalized spacial score (nSPS) is 16.4. The average molecular weight is 534 g/mol. The van der Waals surface area contributed by atoms with E-state index >= 15 is 0 Å². The molecule has 0 spiro atoms. The minimum atomic E-state index is -1.21. The number of amides is 3. The molecule has 0 bridgehead atoms. The zero-order valence-corrected chi connectivity index (χ0v) is 21.6. The Balaban J connectivity index is 1.30. The third-order valence-electron chi connectivity index (χ3n) is 7.37. The van der Waals surface area contributed by atoms with E-state index in [-0.39, 0.29) is 31.6 Å². The van der Waals surface area contributed by atoms with Crippen molar-refractivity contribution >= 4 is 29.3 Å². The molecule has 2 heterocycles. The Bertz CT molecular complexity index is 1470. The summed E-state index contributed by atoms with van der Waals surface area (Å²) in [6, 6.07) is 31.5. The Morgan fingerprint density at radius 2 is 1.20 bits per heavy atom. The lowest BCUT2D eigenvalue weighted by Crippen LogP contribution is -2.61. The predicted octanol–water partition coefficient (Wildman–Crippen LogP) is 5.48. The van der Waals surface area contributed by atoms with Gasteiger partial charge in [-0.2, -0.15) is 0 Å². The molecule has 40 heavy (non-hydrogen) atoms. The van der Waals surface area contributed by atoms with E-state index in [1.54, 1.807) is 17.0 Å². The van der Waals surface area contributed by atoms with Crippen molar-refractivity contribution in [2.75, 3.05) is 24.5 Å². The zero-order valence-electron chi connectivity index (χ0n) is 21.6. The van der Waals surface area contributed by atoms with Gasteiger partial charge in [-0.3, -0.25) is 9.69 Å². The van der Waals surface area contributed by atoms with Crippen LogP contribution in [0.5, 0.6) is 11.5 Å². The summed E-state index contributed by atoms with van der Waals surface area (Å²) in [6.07, 6.45) is 0. The van der Waals surface area contributed by atoms with Crippen LogP contribution in [0.1, 0.15) is 17.0 Å². The van der Waals surface area contributed by atoms with Gasteiger partial charge in [-0.05, 0) is 36.4 Å². The van der Waals surface area contributed by atoms with E-state index in [0.29, 0.717) is 34.0 Å². The summed E-state index contributed by atoms with van der Waals surface area (Å²) in [5.74, 6) is -1.06. The summed E-state index contributed by atoms with van der Waals surface area (Å²) in [5, 5.41) is 10.2. The number of ether oxygens (including phenoxy) is 1. The van der Waals surface area contributed by atoms with Crippen molar-refractivity contribution in [1.82, 2.24) is 9.80 Å². The highest BCUT2D eigenvalue weighted by atomic mass is 16.5. The van der Waals surface area contributed by atoms with Gasteiger partial charge in [0.15, 0.2) is 0 Å². The molecular formula is C32H27N3O5. The van der Waals surface area contributed by atoms with Crippen LogP contribution in [0, 0.1) is 0 Å². The van der Waals surface area contributed by atoms with Crippen LogP contribution in [0.2, 0.25) is 0 Å². The van der Waals surface area contributed by atoms with Gasteiger partial charge < -0.3 is 19.6 Å². The van der Waals surface area contributed by atoms with Gasteiger partial charge in [-0.15, -0.1) is 0 Å². The summed E-state index contributed by atoms with van der Waals surface area (Å²) in [4.78, 5) is 45.1. The molecule has 1 fully saturated rings. The van der Waals surface area contributed by atoms with Crippen LogP contribution in [0.25, 0.3) is 0 Å². The summed E-state index contributed by atoms with van der Waals surface area (Å²) in [5.41, 5.74) is 2.71. The largest absolute Gasteiger partial charge is 0.480 e. The SMILES string of the molecule is O=C(O)[C@@H]1CN(C(=O)N(c2ccccc2)c2ccccc2)CCN1C(=O)C1c2ccccc2Oc2ccccc21. The number of urea groups is 1. The molecule has 200 valence electrons. The van der Waals surface area contributed by atoms with Crippen LogP contribution >= 0.6 is 0 Å². The maximum Gasteiger partial charge on any atom is 0.329 e. The van der Waals surface area contributed by atoms with Gasteiger partial charge in [0.05, 0.1) is 23.8 Å². The molecule has 4 aromatic carbocycles. The number of aliphatic carboxylic acids is 1. The van der Waals surface area contributed by atoms with Crippen LogP contribution in [0.4, 0.5) is 16.2 Å². The molecule has 6 rings (SSSR count). The van der Waals surface area contributed by atoms with Crippen molar-refractivity contribution in [3.8, 4) is 11.5 Å². The number of hydrogen-bond donors (Lipinski definition) is 1. The monoisotopic (exact) mass is 533 g/mol. The maximum atomic E-state index is 14.1. The fraction of sp³-hybridized carbons (Fsp3) is 0.156. The van der Waals surface area contributed by atoms with Crippen LogP contribution in [-0.2, 0) is 9.59 Å². The fourth-order valence-corrected chi connectivity index (χ4v) is 5.44. The second-order valence-electron chi connectivity index (χ2n) is 9.73. The Hall–Kier alpha value is -5.11. The molecule has 3 amide bonds. The van der Waals surface area contributed by atoms with Gasteiger partial charge in [0.2, 0.25) is 5.91 Å². The number of carbonyl (C=O) groups excluding carboxylic acids is 2. The maximum absolute atomic E-state index is 14.1. The van der Waals surface area contributed by atoms with Crippen molar-refractivity contribution in [1.29, 1.82) is 0 Å². The van der Waals surface area contributed by atoms with Crippen LogP contribution < -0.4 is 9.64 Å². The molecule has 1 saturated heterocycles. The number of benzene rings is 4. The highest BCUT2D eigenvalue weighted by Crippen LogP contribution is 2.45. The molecule has 1 atom stereocenters. The van der Waals surface area contributed by atoms with Crippen LogP contribution in [0.3, 0.4) is 0 Å². The first-order valence-corrected chi connectivity index (χ1v) is 13.1. The zero-order chi connectivity index (χ0) is 27.6. The van der Waals surface area contributed by atoms with Crippen LogP contribution in [0.15, 0.2) is 109 Å². The first-order chi connectivity index (χ1) is 19.5. The van der Waals surface area contributed by atoms with Gasteiger partial charge >= 0.3 is 12.0 Å². The summed E-state index contributed by atoms with van der Waals surface area (Å²) < 4.78 is 6.03. The highest BCUT2D eigenvalue weighted by molar-refractivity contribution is 6.00. The van der Waals surface area contributed by atoms with Gasteiger partial charge in [0.1, 0.15) is 17.5 Å². The van der Waals surface area contributed by atoms with Crippen LogP contribution in [-0.4, -0.2) is 58.5 Å². The fourth-order valence-electron chi connectivity index (χ4n) is 5.44. The predicted molar refractivity (Wildman–Crippen MR) is 150 cm³/mol. The number of carbonyl (C=O) groups is 3. The number of hydrogen-bond acceptors (Lipinski definition) is 4. The topological polar surface area (TPSA) is 90.4 Å². The highest BCUT2D eigenvalue weighted by Gasteiger charge is 2.43. The molecule has 0 radical (unpaired) electrons. The van der Waals surface area contributed by atoms with Gasteiger partial charge in [0, 0.05) is 24.2 Å². The minimum Gasteiger partial charge on any atom is -0.480 e. The first-order valence-electron chi connectivity index (χ1n) is 13.1. The molecule has 1 N–H and O–H groups in total. The molecule has 0 unspecified atom stereocenters. The molecule has 8 nitrogen and oxygen atoms in total. The lowest BCUT2D eigenvalue weighted by Gasteiger charge is -2.42. The van der Waals surface area contributed by atoms with Gasteiger partial charge in [-0.25, -0.2) is 9.59 Å². The number of fused-ring (bicyclic) bond motifs is 2. The first kappa shape index (κ1) is 25.2. The number of para-hydroxylation sites is 4. The van der Waals surface area contributed by atoms with Crippen molar-refractivity contribution in [2.45, 2.75) is 12.0 Å². The lowest BCUT2D eigenvalue weighted by atomic mass is 9.86. The number of piperazine rings is 1. The Morgan fingerprint density at radius 3 is 1.73 bits per heavy atom. The second kappa shape index (κ2) is 10.6. The van der Waals surface area contributed by atoms with E-state index in [0.717, 1.165) is 0 Å². The van der Waals surface area contributed by atoms with E-state index in [9.17, 15) is 19.5 Å². The Kier molecular flexibility index (Phi) is 6.66. The van der Waals surface area contributed by atoms with E-state index in [1.165, 1.54) is 9.80 Å². The smallest absolute Gasteiger partial charge is 0.329 e. The molecule has 2 aliphatic rings. The van der Waals surface area contributed by atoms with E-state index in [2.05, 4.69) is 0 Å². The van der Waals surface area contributed by atoms with E-state index in [4.69, 9.17) is 4.74 Å². The molecule has 8 heteroatoms. The average Bonchev–Trinajstić information content (AvgIpc) is 3.00. The molecule has 4 aromatic rings. The second-order valence-corrected chi connectivity index (χ2v) is 9.73. The number of rotatable bonds is 4. The number of carboxylic acid groups (broad SMARTS) is 1. The van der Waals surface area contributed by atoms with E-state index in [1.807, 2.05) is 97.1 Å². The van der Waals surface area contributed by atoms with Crippen molar-refractivity contribution in [2.24, 2.45) is 0 Å². The van der Waals surface area contributed by atoms with Crippen molar-refractivity contribution < 1.29 is 24.2 Å². The number of nitrogens with zero attached hydrogens (tertiary/aromatic N) is 3. The summed E-state index contributed by atoms with van der Waals surface area (Å²) in [7, 11) is 0. The summed E-state index contributed by atoms with van der Waals surface area (Å²) >= 11 is 0. The third-order valence-corrected chi connectivity index (χ3v) is 7.37. The van der Waals surface area contributed by atoms with Gasteiger partial charge in [0.25, 0.3) is 0 Å². The molecular weight excluding hydrogens is 506 g/mol. The lowest BCUT2D eigenvalue weighted by molar-refractivity contribution is -0.153. The summed E-state index contributed by atoms with van der Waals surface area (Å²) in [6.45, 7) is 0.139. The number of carboxylic acids is 1. The van der Waals surface area contributed by atoms with Crippen molar-refractivity contribution in [3.63, 3.8) is 0 Å². The number of anilines is 2. The van der Waals surface area contributed by atoms with Gasteiger partial charge in [-0.1, -0.05) is 72.8 Å². The standard InChI is InChI=1S/C32H27N3O5/c36-30(29-24-15-7-9-17-27(24)40-28-18-10-8-16-25(28)29)34-20-19-33(21-26(34)31(37)38)32(39)35(22-11-3-1-4-12-22)23-13-5-2-6-14-23/h1-18,26,29H,19-21H2,(H,37,38)/t26-/m0/s1. The van der Waals surface area contributed by atoms with Crippen molar-refractivity contribution in [3.05, 3.63) is 120 Å². The Morgan fingerprint density at radius 1 is 0.700 bits per heavy atom. The quantitative estimate of drug-likeness (QED) is 0.375. The Labute approximate surface area is 231 Å². The third kappa shape index (κ3) is 4.53.